The first-order chi connectivity index (χ1) is 15.0. The Labute approximate surface area is 180 Å². The number of rotatable bonds is 6. The number of fused-ring (bicyclic) bond motifs is 1. The molecule has 31 heavy (non-hydrogen) atoms. The fourth-order valence-corrected chi connectivity index (χ4v) is 3.94. The molecule has 4 heterocycles. The molecule has 0 aromatic carbocycles. The molecule has 8 nitrogen and oxygen atoms in total. The molecule has 2 aliphatic rings. The van der Waals surface area contributed by atoms with E-state index >= 15 is 0 Å². The van der Waals surface area contributed by atoms with Crippen molar-refractivity contribution in [1.29, 1.82) is 0 Å². The summed E-state index contributed by atoms with van der Waals surface area (Å²) in [5, 5.41) is 0.528. The minimum Gasteiger partial charge on any atom is -0.491 e. The Morgan fingerprint density at radius 2 is 2.03 bits per heavy atom. The third-order valence-electron chi connectivity index (χ3n) is 6.06. The molecule has 1 aliphatic carbocycles. The number of aromatic nitrogens is 2. The quantitative estimate of drug-likeness (QED) is 0.606. The monoisotopic (exact) mass is 422 g/mol. The second kappa shape index (κ2) is 7.85. The highest BCUT2D eigenvalue weighted by Crippen LogP contribution is 2.36. The third kappa shape index (κ3) is 3.95. The fraction of sp³-hybridized carbons (Fsp3) is 0.435. The number of ether oxygens (including phenoxy) is 1. The van der Waals surface area contributed by atoms with Crippen molar-refractivity contribution in [3.8, 4) is 16.9 Å². The molecule has 0 atom stereocenters. The number of aryl methyl sites for hydroxylation is 1. The number of amides is 1. The van der Waals surface area contributed by atoms with Gasteiger partial charge < -0.3 is 18.6 Å². The van der Waals surface area contributed by atoms with E-state index in [9.17, 15) is 9.59 Å². The van der Waals surface area contributed by atoms with Gasteiger partial charge in [-0.15, -0.1) is 0 Å². The van der Waals surface area contributed by atoms with E-state index in [1.54, 1.807) is 41.2 Å². The van der Waals surface area contributed by atoms with Crippen LogP contribution in [0.5, 0.6) is 5.75 Å². The van der Waals surface area contributed by atoms with Gasteiger partial charge in [0.1, 0.15) is 17.1 Å². The molecular formula is C23H26N4O4. The van der Waals surface area contributed by atoms with E-state index in [4.69, 9.17) is 9.15 Å². The largest absolute Gasteiger partial charge is 0.491 e. The van der Waals surface area contributed by atoms with Crippen molar-refractivity contribution in [2.24, 2.45) is 13.0 Å². The fourth-order valence-electron chi connectivity index (χ4n) is 3.94. The van der Waals surface area contributed by atoms with Crippen molar-refractivity contribution in [1.82, 2.24) is 19.4 Å². The van der Waals surface area contributed by atoms with Crippen LogP contribution in [0, 0.1) is 5.92 Å². The number of nitrogens with zero attached hydrogens (tertiary/aromatic N) is 4. The number of likely N-dealkylation sites (N-methyl/N-ethyl adjacent to an activating group) is 1. The first-order valence-electron chi connectivity index (χ1n) is 10.6. The maximum atomic E-state index is 12.8. The van der Waals surface area contributed by atoms with E-state index in [1.165, 1.54) is 12.8 Å². The summed E-state index contributed by atoms with van der Waals surface area (Å²) in [4.78, 5) is 32.8. The topological polar surface area (TPSA) is 80.8 Å². The number of hydrogen-bond donors (Lipinski definition) is 0. The van der Waals surface area contributed by atoms with Gasteiger partial charge in [0.25, 0.3) is 5.56 Å². The third-order valence-corrected chi connectivity index (χ3v) is 6.06. The average Bonchev–Trinajstić information content (AvgIpc) is 3.50. The number of piperazine rings is 1. The Morgan fingerprint density at radius 1 is 1.19 bits per heavy atom. The molecule has 0 radical (unpaired) electrons. The molecule has 8 heteroatoms. The van der Waals surface area contributed by atoms with E-state index in [1.807, 2.05) is 18.0 Å². The lowest BCUT2D eigenvalue weighted by atomic mass is 10.1. The Hall–Kier alpha value is -3.13. The molecule has 0 bridgehead atoms. The molecular weight excluding hydrogens is 396 g/mol. The molecule has 162 valence electrons. The summed E-state index contributed by atoms with van der Waals surface area (Å²) in [7, 11) is 3.55. The zero-order valence-electron chi connectivity index (χ0n) is 17.8. The number of furan rings is 1. The minimum absolute atomic E-state index is 0.0909. The van der Waals surface area contributed by atoms with Crippen LogP contribution in [0.2, 0.25) is 0 Å². The van der Waals surface area contributed by atoms with E-state index < -0.39 is 0 Å². The summed E-state index contributed by atoms with van der Waals surface area (Å²) in [6, 6.07) is 3.69. The van der Waals surface area contributed by atoms with Gasteiger partial charge in [-0.25, -0.2) is 0 Å². The van der Waals surface area contributed by atoms with Gasteiger partial charge in [-0.3, -0.25) is 19.5 Å². The normalized spacial score (nSPS) is 17.5. The standard InChI is InChI=1S/C23H26N4O4/c1-25-7-8-27(13-21(25)28)11-16-9-18-22(31-16)19(12-26(2)23(18)29)17-5-6-24-10-20(17)30-14-15-3-4-15/h5-6,9-10,12,15H,3-4,7-8,11,13-14H2,1-2H3. The molecule has 3 aromatic heterocycles. The van der Waals surface area contributed by atoms with Crippen molar-refractivity contribution in [2.45, 2.75) is 19.4 Å². The molecule has 0 spiro atoms. The van der Waals surface area contributed by atoms with Crippen molar-refractivity contribution < 1.29 is 13.9 Å². The van der Waals surface area contributed by atoms with Gasteiger partial charge >= 0.3 is 0 Å². The van der Waals surface area contributed by atoms with E-state index in [-0.39, 0.29) is 11.5 Å². The van der Waals surface area contributed by atoms with Crippen LogP contribution in [0.15, 0.2) is 39.9 Å². The molecule has 1 saturated heterocycles. The van der Waals surface area contributed by atoms with Gasteiger partial charge in [0.2, 0.25) is 5.91 Å². The average molecular weight is 422 g/mol. The molecule has 1 amide bonds. The van der Waals surface area contributed by atoms with Crippen molar-refractivity contribution in [3.05, 3.63) is 46.8 Å². The molecule has 0 N–H and O–H groups in total. The minimum atomic E-state index is -0.113. The lowest BCUT2D eigenvalue weighted by Crippen LogP contribution is -2.47. The molecule has 5 rings (SSSR count). The Bertz CT molecular complexity index is 1190. The summed E-state index contributed by atoms with van der Waals surface area (Å²) < 4.78 is 13.8. The lowest BCUT2D eigenvalue weighted by Gasteiger charge is -2.31. The van der Waals surface area contributed by atoms with Crippen LogP contribution < -0.4 is 10.3 Å². The second-order valence-corrected chi connectivity index (χ2v) is 8.57. The maximum Gasteiger partial charge on any atom is 0.261 e. The van der Waals surface area contributed by atoms with Crippen LogP contribution in [0.1, 0.15) is 18.6 Å². The van der Waals surface area contributed by atoms with Gasteiger partial charge in [-0.2, -0.15) is 0 Å². The predicted molar refractivity (Wildman–Crippen MR) is 116 cm³/mol. The molecule has 3 aromatic rings. The van der Waals surface area contributed by atoms with Gasteiger partial charge in [0, 0.05) is 50.7 Å². The van der Waals surface area contributed by atoms with Crippen LogP contribution in [0.3, 0.4) is 0 Å². The lowest BCUT2D eigenvalue weighted by molar-refractivity contribution is -0.134. The van der Waals surface area contributed by atoms with Gasteiger partial charge in [0.15, 0.2) is 0 Å². The van der Waals surface area contributed by atoms with Gasteiger partial charge in [0.05, 0.1) is 31.3 Å². The summed E-state index contributed by atoms with van der Waals surface area (Å²) in [6.07, 6.45) is 7.63. The van der Waals surface area contributed by atoms with Crippen LogP contribution in [0.4, 0.5) is 0 Å². The molecule has 1 aliphatic heterocycles. The predicted octanol–water partition coefficient (Wildman–Crippen LogP) is 2.26. The van der Waals surface area contributed by atoms with Crippen LogP contribution in [-0.4, -0.2) is 58.5 Å². The number of carbonyl (C=O) groups is 1. The summed E-state index contributed by atoms with van der Waals surface area (Å²) in [6.45, 7) is 2.97. The summed E-state index contributed by atoms with van der Waals surface area (Å²) >= 11 is 0. The Kier molecular flexibility index (Phi) is 5.02. The van der Waals surface area contributed by atoms with Gasteiger partial charge in [-0.1, -0.05) is 0 Å². The van der Waals surface area contributed by atoms with E-state index in [0.29, 0.717) is 54.6 Å². The van der Waals surface area contributed by atoms with Crippen LogP contribution in [-0.2, 0) is 18.4 Å². The first-order valence-corrected chi connectivity index (χ1v) is 10.6. The smallest absolute Gasteiger partial charge is 0.261 e. The highest BCUT2D eigenvalue weighted by atomic mass is 16.5. The Balaban J connectivity index is 1.51. The highest BCUT2D eigenvalue weighted by Gasteiger charge is 2.25. The van der Waals surface area contributed by atoms with Crippen molar-refractivity contribution >= 4 is 16.9 Å². The molecule has 1 saturated carbocycles. The second-order valence-electron chi connectivity index (χ2n) is 8.57. The Morgan fingerprint density at radius 3 is 2.81 bits per heavy atom. The molecule has 0 unspecified atom stereocenters. The van der Waals surface area contributed by atoms with Crippen LogP contribution >= 0.6 is 0 Å². The first kappa shape index (κ1) is 19.8. The van der Waals surface area contributed by atoms with Gasteiger partial charge in [-0.05, 0) is 30.9 Å². The number of carbonyl (C=O) groups excluding carboxylic acids is 1. The number of hydrogen-bond acceptors (Lipinski definition) is 6. The van der Waals surface area contributed by atoms with E-state index in [2.05, 4.69) is 4.98 Å². The van der Waals surface area contributed by atoms with E-state index in [0.717, 1.165) is 17.7 Å². The maximum absolute atomic E-state index is 12.8. The zero-order valence-corrected chi connectivity index (χ0v) is 17.8. The zero-order chi connectivity index (χ0) is 21.5. The van der Waals surface area contributed by atoms with Crippen LogP contribution in [0.25, 0.3) is 22.1 Å². The summed E-state index contributed by atoms with van der Waals surface area (Å²) in [5.74, 6) is 2.08. The highest BCUT2D eigenvalue weighted by molar-refractivity contribution is 5.93. The van der Waals surface area contributed by atoms with Crippen molar-refractivity contribution in [2.75, 3.05) is 33.3 Å². The summed E-state index contributed by atoms with van der Waals surface area (Å²) in [5.41, 5.74) is 2.08. The molecule has 2 fully saturated rings. The van der Waals surface area contributed by atoms with Crippen molar-refractivity contribution in [3.63, 3.8) is 0 Å². The SMILES string of the molecule is CN1CCN(Cc2cc3c(=O)n(C)cc(-c4ccncc4OCC4CC4)c3o2)CC1=O. The number of pyridine rings is 2.